The molecule has 0 spiro atoms. The van der Waals surface area contributed by atoms with Crippen molar-refractivity contribution in [3.05, 3.63) is 29.3 Å². The Morgan fingerprint density at radius 2 is 1.95 bits per heavy atom. The minimum absolute atomic E-state index is 0.0352. The highest BCUT2D eigenvalue weighted by Gasteiger charge is 2.16. The molecule has 7 heteroatoms. The number of hydrogen-bond acceptors (Lipinski definition) is 5. The monoisotopic (exact) mass is 299 g/mol. The normalized spacial score (nSPS) is 10.9. The molecule has 1 aromatic rings. The van der Waals surface area contributed by atoms with Crippen molar-refractivity contribution < 1.29 is 22.7 Å². The van der Waals surface area contributed by atoms with Gasteiger partial charge in [0.1, 0.15) is 0 Å². The van der Waals surface area contributed by atoms with Gasteiger partial charge in [0.2, 0.25) is 0 Å². The van der Waals surface area contributed by atoms with Crippen molar-refractivity contribution >= 4 is 21.7 Å². The zero-order valence-electron chi connectivity index (χ0n) is 11.6. The zero-order valence-corrected chi connectivity index (χ0v) is 12.4. The van der Waals surface area contributed by atoms with E-state index in [-0.39, 0.29) is 10.5 Å². The Morgan fingerprint density at radius 3 is 2.50 bits per heavy atom. The number of likely N-dealkylation sites (N-methyl/N-ethyl adjacent to an activating group) is 1. The van der Waals surface area contributed by atoms with Crippen molar-refractivity contribution in [2.75, 3.05) is 19.4 Å². The number of hydrogen-bond donors (Lipinski definition) is 1. The molecule has 0 saturated carbocycles. The fraction of sp³-hybridized carbons (Fsp3) is 0.385. The summed E-state index contributed by atoms with van der Waals surface area (Å²) in [6.07, 6.45) is 1.06. The molecular weight excluding hydrogens is 282 g/mol. The standard InChI is InChI=1S/C13H17NO5S/c1-4-14-12(15)8-19-13(16)11-7-10(20(3,17)18)6-5-9(11)2/h5-7H,4,8H2,1-3H3,(H,14,15). The molecule has 110 valence electrons. The van der Waals surface area contributed by atoms with Gasteiger partial charge in [0.15, 0.2) is 16.4 Å². The van der Waals surface area contributed by atoms with Gasteiger partial charge < -0.3 is 10.1 Å². The van der Waals surface area contributed by atoms with Crippen LogP contribution in [0, 0.1) is 6.92 Å². The molecule has 1 rings (SSSR count). The van der Waals surface area contributed by atoms with E-state index < -0.39 is 28.3 Å². The van der Waals surface area contributed by atoms with Crippen molar-refractivity contribution in [1.82, 2.24) is 5.32 Å². The third-order valence-corrected chi connectivity index (χ3v) is 3.68. The maximum Gasteiger partial charge on any atom is 0.338 e. The van der Waals surface area contributed by atoms with Crippen molar-refractivity contribution in [1.29, 1.82) is 0 Å². The van der Waals surface area contributed by atoms with Crippen LogP contribution < -0.4 is 5.32 Å². The summed E-state index contributed by atoms with van der Waals surface area (Å²) in [5.41, 5.74) is 0.718. The second kappa shape index (κ2) is 6.51. The van der Waals surface area contributed by atoms with E-state index in [1.807, 2.05) is 0 Å². The Morgan fingerprint density at radius 1 is 1.30 bits per heavy atom. The molecule has 0 radical (unpaired) electrons. The van der Waals surface area contributed by atoms with Crippen LogP contribution in [0.3, 0.4) is 0 Å². The number of amides is 1. The number of aryl methyl sites for hydroxylation is 1. The number of ether oxygens (including phenoxy) is 1. The van der Waals surface area contributed by atoms with E-state index in [1.54, 1.807) is 13.8 Å². The summed E-state index contributed by atoms with van der Waals surface area (Å²) in [5.74, 6) is -1.13. The first-order valence-corrected chi connectivity index (χ1v) is 7.89. The maximum absolute atomic E-state index is 11.9. The van der Waals surface area contributed by atoms with Gasteiger partial charge in [0.05, 0.1) is 10.5 Å². The van der Waals surface area contributed by atoms with E-state index in [1.165, 1.54) is 18.2 Å². The van der Waals surface area contributed by atoms with E-state index in [9.17, 15) is 18.0 Å². The minimum Gasteiger partial charge on any atom is -0.452 e. The summed E-state index contributed by atoms with van der Waals surface area (Å²) < 4.78 is 27.8. The summed E-state index contributed by atoms with van der Waals surface area (Å²) in [7, 11) is -3.40. The molecule has 0 aliphatic heterocycles. The highest BCUT2D eigenvalue weighted by atomic mass is 32.2. The minimum atomic E-state index is -3.40. The average Bonchev–Trinajstić information content (AvgIpc) is 2.35. The molecule has 0 unspecified atom stereocenters. The van der Waals surface area contributed by atoms with Crippen molar-refractivity contribution in [2.45, 2.75) is 18.7 Å². The number of carbonyl (C=O) groups is 2. The number of nitrogens with one attached hydrogen (secondary N) is 1. The smallest absolute Gasteiger partial charge is 0.338 e. The number of esters is 1. The van der Waals surface area contributed by atoms with Gasteiger partial charge in [-0.1, -0.05) is 6.07 Å². The molecule has 0 atom stereocenters. The van der Waals surface area contributed by atoms with Crippen LogP contribution in [0.25, 0.3) is 0 Å². The van der Waals surface area contributed by atoms with Crippen LogP contribution >= 0.6 is 0 Å². The van der Waals surface area contributed by atoms with Crippen LogP contribution in [0.4, 0.5) is 0 Å². The Bertz CT molecular complexity index is 622. The van der Waals surface area contributed by atoms with Gasteiger partial charge in [0, 0.05) is 12.8 Å². The number of benzene rings is 1. The summed E-state index contributed by atoms with van der Waals surface area (Å²) in [5, 5.41) is 2.49. The van der Waals surface area contributed by atoms with Crippen LogP contribution in [0.5, 0.6) is 0 Å². The van der Waals surface area contributed by atoms with Gasteiger partial charge in [-0.3, -0.25) is 4.79 Å². The molecule has 0 bridgehead atoms. The lowest BCUT2D eigenvalue weighted by atomic mass is 10.1. The fourth-order valence-electron chi connectivity index (χ4n) is 1.51. The molecule has 0 aromatic heterocycles. The second-order valence-corrected chi connectivity index (χ2v) is 6.29. The molecule has 6 nitrogen and oxygen atoms in total. The molecule has 0 aliphatic rings. The first-order chi connectivity index (χ1) is 9.25. The Balaban J connectivity index is 2.90. The van der Waals surface area contributed by atoms with Crippen LogP contribution in [-0.4, -0.2) is 39.7 Å². The first-order valence-electron chi connectivity index (χ1n) is 6.00. The average molecular weight is 299 g/mol. The lowest BCUT2D eigenvalue weighted by Gasteiger charge is -2.08. The van der Waals surface area contributed by atoms with Gasteiger partial charge in [0.25, 0.3) is 5.91 Å². The van der Waals surface area contributed by atoms with Crippen molar-refractivity contribution in [2.24, 2.45) is 0 Å². The van der Waals surface area contributed by atoms with E-state index in [0.29, 0.717) is 12.1 Å². The third-order valence-electron chi connectivity index (χ3n) is 2.57. The van der Waals surface area contributed by atoms with Gasteiger partial charge in [-0.25, -0.2) is 13.2 Å². The molecule has 0 saturated heterocycles. The van der Waals surface area contributed by atoms with E-state index in [0.717, 1.165) is 6.26 Å². The Kier molecular flexibility index (Phi) is 5.26. The number of rotatable bonds is 5. The summed E-state index contributed by atoms with van der Waals surface area (Å²) in [6, 6.07) is 4.20. The van der Waals surface area contributed by atoms with Crippen LogP contribution in [0.1, 0.15) is 22.8 Å². The maximum atomic E-state index is 11.9. The van der Waals surface area contributed by atoms with Crippen LogP contribution in [-0.2, 0) is 19.4 Å². The highest BCUT2D eigenvalue weighted by molar-refractivity contribution is 7.90. The fourth-order valence-corrected chi connectivity index (χ4v) is 2.16. The predicted molar refractivity (Wildman–Crippen MR) is 73.3 cm³/mol. The molecular formula is C13H17NO5S. The second-order valence-electron chi connectivity index (χ2n) is 4.28. The quantitative estimate of drug-likeness (QED) is 0.808. The Hall–Kier alpha value is -1.89. The molecule has 1 N–H and O–H groups in total. The van der Waals surface area contributed by atoms with Crippen molar-refractivity contribution in [3.63, 3.8) is 0 Å². The highest BCUT2D eigenvalue weighted by Crippen LogP contribution is 2.16. The molecule has 0 aliphatic carbocycles. The van der Waals surface area contributed by atoms with Gasteiger partial charge in [-0.2, -0.15) is 0 Å². The summed E-state index contributed by atoms with van der Waals surface area (Å²) in [6.45, 7) is 3.46. The van der Waals surface area contributed by atoms with E-state index in [4.69, 9.17) is 4.74 Å². The molecule has 1 aromatic carbocycles. The van der Waals surface area contributed by atoms with Crippen molar-refractivity contribution in [3.8, 4) is 0 Å². The lowest BCUT2D eigenvalue weighted by molar-refractivity contribution is -0.124. The topological polar surface area (TPSA) is 89.5 Å². The lowest BCUT2D eigenvalue weighted by Crippen LogP contribution is -2.28. The number of carbonyl (C=O) groups excluding carboxylic acids is 2. The van der Waals surface area contributed by atoms with Crippen LogP contribution in [0.15, 0.2) is 23.1 Å². The number of sulfone groups is 1. The Labute approximate surface area is 118 Å². The molecule has 0 fully saturated rings. The van der Waals surface area contributed by atoms with Gasteiger partial charge in [-0.15, -0.1) is 0 Å². The van der Waals surface area contributed by atoms with E-state index in [2.05, 4.69) is 5.32 Å². The molecule has 0 heterocycles. The summed E-state index contributed by atoms with van der Waals surface area (Å²) in [4.78, 5) is 23.1. The first kappa shape index (κ1) is 16.2. The largest absolute Gasteiger partial charge is 0.452 e. The zero-order chi connectivity index (χ0) is 15.3. The SMILES string of the molecule is CCNC(=O)COC(=O)c1cc(S(C)(=O)=O)ccc1C. The van der Waals surface area contributed by atoms with Gasteiger partial charge in [-0.05, 0) is 31.5 Å². The molecule has 20 heavy (non-hydrogen) atoms. The van der Waals surface area contributed by atoms with Crippen LogP contribution in [0.2, 0.25) is 0 Å². The van der Waals surface area contributed by atoms with Gasteiger partial charge >= 0.3 is 5.97 Å². The van der Waals surface area contributed by atoms with E-state index >= 15 is 0 Å². The predicted octanol–water partition coefficient (Wildman–Crippen LogP) is 0.691. The molecule has 1 amide bonds. The summed E-state index contributed by atoms with van der Waals surface area (Å²) >= 11 is 0. The third kappa shape index (κ3) is 4.34.